The lowest BCUT2D eigenvalue weighted by molar-refractivity contribution is 0.0864. The fraction of sp³-hybridized carbons (Fsp3) is 0.500. The highest BCUT2D eigenvalue weighted by Gasteiger charge is 2.40. The molecule has 1 saturated heterocycles. The summed E-state index contributed by atoms with van der Waals surface area (Å²) in [4.78, 5) is 16.4. The van der Waals surface area contributed by atoms with Crippen LogP contribution in [0.25, 0.3) is 0 Å². The average Bonchev–Trinajstić information content (AvgIpc) is 2.78. The minimum absolute atomic E-state index is 0.0816. The van der Waals surface area contributed by atoms with Crippen LogP contribution in [-0.4, -0.2) is 22.9 Å². The molecule has 1 aliphatic rings. The Hall–Kier alpha value is -1.42. The summed E-state index contributed by atoms with van der Waals surface area (Å²) in [5.41, 5.74) is 6.45. The molecule has 0 radical (unpaired) electrons. The van der Waals surface area contributed by atoms with E-state index in [1.807, 2.05) is 6.92 Å². The number of anilines is 1. The van der Waals surface area contributed by atoms with Crippen molar-refractivity contribution in [3.63, 3.8) is 0 Å². The zero-order chi connectivity index (χ0) is 11.6. The Morgan fingerprint density at radius 2 is 2.50 bits per heavy atom. The van der Waals surface area contributed by atoms with Crippen molar-refractivity contribution in [1.29, 1.82) is 0 Å². The van der Waals surface area contributed by atoms with Gasteiger partial charge in [-0.3, -0.25) is 9.78 Å². The maximum absolute atomic E-state index is 12.4. The van der Waals surface area contributed by atoms with Crippen molar-refractivity contribution in [2.75, 3.05) is 12.3 Å². The van der Waals surface area contributed by atoms with Gasteiger partial charge < -0.3 is 11.1 Å². The summed E-state index contributed by atoms with van der Waals surface area (Å²) in [7, 11) is 0. The molecule has 0 aliphatic carbocycles. The van der Waals surface area contributed by atoms with Gasteiger partial charge in [0.1, 0.15) is 0 Å². The van der Waals surface area contributed by atoms with E-state index >= 15 is 0 Å². The molecule has 1 aromatic rings. The highest BCUT2D eigenvalue weighted by atomic mass is 16.1. The van der Waals surface area contributed by atoms with Crippen LogP contribution in [-0.2, 0) is 0 Å². The summed E-state index contributed by atoms with van der Waals surface area (Å²) in [5.74, 6) is 0.0816. The number of pyridine rings is 1. The molecule has 1 aromatic heterocycles. The number of Topliss-reactive ketones (excluding diaryl/α,β-unsaturated/α-hetero) is 1. The van der Waals surface area contributed by atoms with Gasteiger partial charge in [-0.1, -0.05) is 6.92 Å². The number of hydrogen-bond acceptors (Lipinski definition) is 4. The third kappa shape index (κ3) is 1.69. The molecule has 2 heterocycles. The molecule has 1 atom stereocenters. The standard InChI is InChI=1S/C12H17N3O/c1-2-12(5-3-6-15-12)11(16)9-8-14-7-4-10(9)13/h4,7-8,15H,2-3,5-6H2,1H3,(H2,13,14). The number of nitrogens with two attached hydrogens (primary N) is 1. The Labute approximate surface area is 95.3 Å². The first-order chi connectivity index (χ1) is 7.69. The van der Waals surface area contributed by atoms with E-state index < -0.39 is 5.54 Å². The van der Waals surface area contributed by atoms with Crippen molar-refractivity contribution in [2.24, 2.45) is 0 Å². The number of ketones is 1. The van der Waals surface area contributed by atoms with Crippen LogP contribution < -0.4 is 11.1 Å². The fourth-order valence-corrected chi connectivity index (χ4v) is 2.32. The normalized spacial score (nSPS) is 24.6. The van der Waals surface area contributed by atoms with Crippen LogP contribution in [0.3, 0.4) is 0 Å². The molecule has 16 heavy (non-hydrogen) atoms. The van der Waals surface area contributed by atoms with Crippen molar-refractivity contribution in [3.8, 4) is 0 Å². The van der Waals surface area contributed by atoms with Crippen LogP contribution in [0.1, 0.15) is 36.5 Å². The molecule has 3 N–H and O–H groups in total. The number of carbonyl (C=O) groups excluding carboxylic acids is 1. The second kappa shape index (κ2) is 4.22. The van der Waals surface area contributed by atoms with Gasteiger partial charge in [0.2, 0.25) is 0 Å². The lowest BCUT2D eigenvalue weighted by atomic mass is 9.85. The van der Waals surface area contributed by atoms with Crippen molar-refractivity contribution in [2.45, 2.75) is 31.7 Å². The van der Waals surface area contributed by atoms with Gasteiger partial charge in [-0.05, 0) is 31.9 Å². The second-order valence-electron chi connectivity index (χ2n) is 4.26. The molecule has 2 rings (SSSR count). The summed E-state index contributed by atoms with van der Waals surface area (Å²) < 4.78 is 0. The summed E-state index contributed by atoms with van der Waals surface area (Å²) >= 11 is 0. The van der Waals surface area contributed by atoms with Gasteiger partial charge in [-0.2, -0.15) is 0 Å². The van der Waals surface area contributed by atoms with Crippen molar-refractivity contribution < 1.29 is 4.79 Å². The predicted molar refractivity (Wildman–Crippen MR) is 63.2 cm³/mol. The highest BCUT2D eigenvalue weighted by Crippen LogP contribution is 2.28. The SMILES string of the molecule is CCC1(C(=O)c2cnccc2N)CCCN1. The zero-order valence-corrected chi connectivity index (χ0v) is 9.49. The third-order valence-electron chi connectivity index (χ3n) is 3.38. The number of nitrogens with zero attached hydrogens (tertiary/aromatic N) is 1. The summed E-state index contributed by atoms with van der Waals surface area (Å²) in [6.07, 6.45) is 5.89. The van der Waals surface area contributed by atoms with E-state index in [-0.39, 0.29) is 5.78 Å². The van der Waals surface area contributed by atoms with E-state index in [9.17, 15) is 4.79 Å². The number of carbonyl (C=O) groups is 1. The Morgan fingerprint density at radius 3 is 3.06 bits per heavy atom. The molecule has 4 heteroatoms. The fourth-order valence-electron chi connectivity index (χ4n) is 2.32. The van der Waals surface area contributed by atoms with Crippen LogP contribution in [0, 0.1) is 0 Å². The maximum Gasteiger partial charge on any atom is 0.186 e. The molecule has 0 amide bonds. The Bertz CT molecular complexity index is 397. The maximum atomic E-state index is 12.4. The number of nitrogen functional groups attached to an aromatic ring is 1. The topological polar surface area (TPSA) is 68.0 Å². The highest BCUT2D eigenvalue weighted by molar-refractivity contribution is 6.06. The van der Waals surface area contributed by atoms with E-state index in [1.165, 1.54) is 0 Å². The monoisotopic (exact) mass is 219 g/mol. The van der Waals surface area contributed by atoms with E-state index in [1.54, 1.807) is 18.5 Å². The largest absolute Gasteiger partial charge is 0.398 e. The van der Waals surface area contributed by atoms with E-state index in [0.29, 0.717) is 11.3 Å². The van der Waals surface area contributed by atoms with E-state index in [4.69, 9.17) is 5.73 Å². The molecule has 86 valence electrons. The first kappa shape index (κ1) is 11.1. The smallest absolute Gasteiger partial charge is 0.186 e. The minimum Gasteiger partial charge on any atom is -0.398 e. The Balaban J connectivity index is 2.34. The van der Waals surface area contributed by atoms with Crippen molar-refractivity contribution in [3.05, 3.63) is 24.0 Å². The van der Waals surface area contributed by atoms with Gasteiger partial charge in [-0.15, -0.1) is 0 Å². The van der Waals surface area contributed by atoms with Crippen molar-refractivity contribution in [1.82, 2.24) is 10.3 Å². The van der Waals surface area contributed by atoms with Crippen LogP contribution in [0.5, 0.6) is 0 Å². The molecule has 1 fully saturated rings. The quantitative estimate of drug-likeness (QED) is 0.754. The van der Waals surface area contributed by atoms with Crippen LogP contribution in [0.4, 0.5) is 5.69 Å². The van der Waals surface area contributed by atoms with Gasteiger partial charge >= 0.3 is 0 Å². The van der Waals surface area contributed by atoms with Gasteiger partial charge in [0.25, 0.3) is 0 Å². The second-order valence-corrected chi connectivity index (χ2v) is 4.26. The lowest BCUT2D eigenvalue weighted by Crippen LogP contribution is -2.47. The van der Waals surface area contributed by atoms with Gasteiger partial charge in [0, 0.05) is 18.1 Å². The number of hydrogen-bond donors (Lipinski definition) is 2. The third-order valence-corrected chi connectivity index (χ3v) is 3.38. The molecule has 1 aliphatic heterocycles. The molecule has 0 saturated carbocycles. The molecular weight excluding hydrogens is 202 g/mol. The summed E-state index contributed by atoms with van der Waals surface area (Å²) in [6, 6.07) is 1.67. The Morgan fingerprint density at radius 1 is 1.69 bits per heavy atom. The van der Waals surface area contributed by atoms with E-state index in [0.717, 1.165) is 25.8 Å². The molecule has 0 bridgehead atoms. The first-order valence-corrected chi connectivity index (χ1v) is 5.69. The predicted octanol–water partition coefficient (Wildman–Crippen LogP) is 1.38. The lowest BCUT2D eigenvalue weighted by Gasteiger charge is -2.26. The number of aromatic nitrogens is 1. The van der Waals surface area contributed by atoms with Gasteiger partial charge in [-0.25, -0.2) is 0 Å². The first-order valence-electron chi connectivity index (χ1n) is 5.69. The molecule has 0 spiro atoms. The Kier molecular flexibility index (Phi) is 2.92. The number of rotatable bonds is 3. The van der Waals surface area contributed by atoms with Gasteiger partial charge in [0.15, 0.2) is 5.78 Å². The van der Waals surface area contributed by atoms with Crippen molar-refractivity contribution >= 4 is 11.5 Å². The summed E-state index contributed by atoms with van der Waals surface area (Å²) in [6.45, 7) is 2.93. The molecule has 0 aromatic carbocycles. The molecule has 1 unspecified atom stereocenters. The minimum atomic E-state index is -0.419. The zero-order valence-electron chi connectivity index (χ0n) is 9.49. The van der Waals surface area contributed by atoms with Crippen LogP contribution in [0.2, 0.25) is 0 Å². The average molecular weight is 219 g/mol. The molecular formula is C12H17N3O. The summed E-state index contributed by atoms with van der Waals surface area (Å²) in [5, 5.41) is 3.31. The van der Waals surface area contributed by atoms with Crippen LogP contribution >= 0.6 is 0 Å². The van der Waals surface area contributed by atoms with Gasteiger partial charge in [0.05, 0.1) is 11.1 Å². The van der Waals surface area contributed by atoms with Crippen LogP contribution in [0.15, 0.2) is 18.5 Å². The number of nitrogens with one attached hydrogen (secondary N) is 1. The van der Waals surface area contributed by atoms with E-state index in [2.05, 4.69) is 10.3 Å². The molecule has 4 nitrogen and oxygen atoms in total.